The molecule has 122 valence electrons. The SMILES string of the molecule is CC(C)[Si](C#CC(Br)CCc1ccccc1)(C(C)C)C(C)C. The van der Waals surface area contributed by atoms with Gasteiger partial charge in [0.15, 0.2) is 0 Å². The third-order valence-corrected chi connectivity index (χ3v) is 11.8. The van der Waals surface area contributed by atoms with Crippen LogP contribution >= 0.6 is 15.9 Å². The highest BCUT2D eigenvalue weighted by atomic mass is 79.9. The molecule has 1 rings (SSSR count). The molecule has 1 unspecified atom stereocenters. The molecule has 1 atom stereocenters. The molecule has 0 radical (unpaired) electrons. The maximum absolute atomic E-state index is 3.81. The summed E-state index contributed by atoms with van der Waals surface area (Å²) in [6.45, 7) is 14.2. The summed E-state index contributed by atoms with van der Waals surface area (Å²) in [4.78, 5) is 0.302. The molecule has 22 heavy (non-hydrogen) atoms. The van der Waals surface area contributed by atoms with Crippen LogP contribution < -0.4 is 0 Å². The molecular weight excluding hydrogens is 348 g/mol. The largest absolute Gasteiger partial charge is 0.146 e. The average molecular weight is 379 g/mol. The maximum atomic E-state index is 3.81. The van der Waals surface area contributed by atoms with Gasteiger partial charge in [-0.1, -0.05) is 93.7 Å². The van der Waals surface area contributed by atoms with Crippen molar-refractivity contribution in [3.63, 3.8) is 0 Å². The zero-order chi connectivity index (χ0) is 16.8. The summed E-state index contributed by atoms with van der Waals surface area (Å²) < 4.78 is 0. The Hall–Kier alpha value is -0.523. The highest BCUT2D eigenvalue weighted by Crippen LogP contribution is 2.40. The van der Waals surface area contributed by atoms with Crippen molar-refractivity contribution in [2.75, 3.05) is 0 Å². The minimum atomic E-state index is -1.59. The normalized spacial score (nSPS) is 13.4. The van der Waals surface area contributed by atoms with Crippen molar-refractivity contribution < 1.29 is 0 Å². The molecule has 1 aromatic carbocycles. The van der Waals surface area contributed by atoms with Crippen LogP contribution in [0.5, 0.6) is 0 Å². The fourth-order valence-corrected chi connectivity index (χ4v) is 9.49. The van der Waals surface area contributed by atoms with Crippen LogP contribution in [-0.4, -0.2) is 12.9 Å². The lowest BCUT2D eigenvalue weighted by Crippen LogP contribution is -2.43. The lowest BCUT2D eigenvalue weighted by Gasteiger charge is -2.38. The van der Waals surface area contributed by atoms with Crippen molar-refractivity contribution in [3.8, 4) is 11.5 Å². The van der Waals surface area contributed by atoms with E-state index in [-0.39, 0.29) is 0 Å². The highest BCUT2D eigenvalue weighted by Gasteiger charge is 2.41. The van der Waals surface area contributed by atoms with E-state index in [1.807, 2.05) is 0 Å². The summed E-state index contributed by atoms with van der Waals surface area (Å²) in [6.07, 6.45) is 2.17. The second-order valence-corrected chi connectivity index (χ2v) is 13.8. The van der Waals surface area contributed by atoms with Crippen molar-refractivity contribution in [1.29, 1.82) is 0 Å². The van der Waals surface area contributed by atoms with E-state index >= 15 is 0 Å². The minimum Gasteiger partial charge on any atom is -0.129 e. The first-order chi connectivity index (χ1) is 10.3. The molecule has 0 bridgehead atoms. The molecule has 0 saturated carbocycles. The first-order valence-corrected chi connectivity index (χ1v) is 11.7. The van der Waals surface area contributed by atoms with Crippen molar-refractivity contribution in [2.45, 2.75) is 75.8 Å². The van der Waals surface area contributed by atoms with E-state index in [9.17, 15) is 0 Å². The Morgan fingerprint density at radius 2 is 1.41 bits per heavy atom. The van der Waals surface area contributed by atoms with E-state index in [1.54, 1.807) is 0 Å². The molecule has 0 saturated heterocycles. The number of aryl methyl sites for hydroxylation is 1. The summed E-state index contributed by atoms with van der Waals surface area (Å²) in [5, 5.41) is 0. The van der Waals surface area contributed by atoms with E-state index in [4.69, 9.17) is 0 Å². The van der Waals surface area contributed by atoms with Gasteiger partial charge in [0.1, 0.15) is 8.07 Å². The van der Waals surface area contributed by atoms with Gasteiger partial charge in [-0.05, 0) is 35.0 Å². The first kappa shape index (κ1) is 19.5. The maximum Gasteiger partial charge on any atom is 0.146 e. The topological polar surface area (TPSA) is 0 Å². The molecule has 0 aliphatic carbocycles. The molecule has 0 aliphatic heterocycles. The van der Waals surface area contributed by atoms with Crippen LogP contribution in [0.15, 0.2) is 30.3 Å². The minimum absolute atomic E-state index is 0.302. The molecule has 2 heteroatoms. The lowest BCUT2D eigenvalue weighted by atomic mass is 10.1. The summed E-state index contributed by atoms with van der Waals surface area (Å²) in [7, 11) is -1.59. The third-order valence-electron chi connectivity index (χ3n) is 4.84. The van der Waals surface area contributed by atoms with Crippen LogP contribution in [0.2, 0.25) is 16.6 Å². The van der Waals surface area contributed by atoms with Crippen LogP contribution in [-0.2, 0) is 6.42 Å². The quantitative estimate of drug-likeness (QED) is 0.297. The molecule has 0 N–H and O–H groups in total. The molecule has 0 fully saturated rings. The van der Waals surface area contributed by atoms with Gasteiger partial charge in [-0.3, -0.25) is 0 Å². The molecule has 0 nitrogen and oxygen atoms in total. The van der Waals surface area contributed by atoms with Crippen molar-refractivity contribution in [1.82, 2.24) is 0 Å². The molecule has 1 aromatic rings. The Bertz CT molecular complexity index is 472. The van der Waals surface area contributed by atoms with Gasteiger partial charge in [0.2, 0.25) is 0 Å². The van der Waals surface area contributed by atoms with Crippen LogP contribution in [0.4, 0.5) is 0 Å². The fraction of sp³-hybridized carbons (Fsp3) is 0.600. The number of alkyl halides is 1. The van der Waals surface area contributed by atoms with E-state index in [0.717, 1.165) is 12.8 Å². The van der Waals surface area contributed by atoms with Gasteiger partial charge in [0.05, 0.1) is 4.83 Å². The van der Waals surface area contributed by atoms with E-state index in [0.29, 0.717) is 21.5 Å². The highest BCUT2D eigenvalue weighted by molar-refractivity contribution is 9.09. The van der Waals surface area contributed by atoms with Crippen molar-refractivity contribution in [2.24, 2.45) is 0 Å². The summed E-state index contributed by atoms with van der Waals surface area (Å²) in [6, 6.07) is 10.7. The van der Waals surface area contributed by atoms with Crippen LogP contribution in [0.25, 0.3) is 0 Å². The van der Waals surface area contributed by atoms with Gasteiger partial charge >= 0.3 is 0 Å². The average Bonchev–Trinajstić information content (AvgIpc) is 2.45. The first-order valence-electron chi connectivity index (χ1n) is 8.51. The standard InChI is InChI=1S/C20H31BrSi/c1-16(2)22(17(3)4,18(5)6)15-14-20(21)13-12-19-10-8-7-9-11-19/h7-11,16-18,20H,12-13H2,1-6H3. The summed E-state index contributed by atoms with van der Waals surface area (Å²) >= 11 is 3.78. The van der Waals surface area contributed by atoms with Gasteiger partial charge in [0.25, 0.3) is 0 Å². The predicted molar refractivity (Wildman–Crippen MR) is 106 cm³/mol. The van der Waals surface area contributed by atoms with Crippen LogP contribution in [0, 0.1) is 11.5 Å². The van der Waals surface area contributed by atoms with Crippen molar-refractivity contribution >= 4 is 24.0 Å². The number of hydrogen-bond donors (Lipinski definition) is 0. The van der Waals surface area contributed by atoms with Gasteiger partial charge in [-0.25, -0.2) is 0 Å². The fourth-order valence-electron chi connectivity index (χ4n) is 3.65. The second kappa shape index (κ2) is 8.94. The number of benzene rings is 1. The van der Waals surface area contributed by atoms with Gasteiger partial charge in [-0.15, -0.1) is 5.54 Å². The van der Waals surface area contributed by atoms with Crippen molar-refractivity contribution in [3.05, 3.63) is 35.9 Å². The van der Waals surface area contributed by atoms with Gasteiger partial charge in [-0.2, -0.15) is 0 Å². The zero-order valence-corrected chi connectivity index (χ0v) is 17.6. The molecule has 0 aromatic heterocycles. The second-order valence-electron chi connectivity index (χ2n) is 7.16. The predicted octanol–water partition coefficient (Wildman–Crippen LogP) is 6.60. The van der Waals surface area contributed by atoms with Crippen LogP contribution in [0.3, 0.4) is 0 Å². The van der Waals surface area contributed by atoms with Crippen LogP contribution in [0.1, 0.15) is 53.5 Å². The third kappa shape index (κ3) is 5.00. The Morgan fingerprint density at radius 1 is 0.909 bits per heavy atom. The zero-order valence-electron chi connectivity index (χ0n) is 15.0. The Balaban J connectivity index is 2.80. The molecule has 0 amide bonds. The Kier molecular flexibility index (Phi) is 7.93. The van der Waals surface area contributed by atoms with Gasteiger partial charge in [0, 0.05) is 0 Å². The monoisotopic (exact) mass is 378 g/mol. The smallest absolute Gasteiger partial charge is 0.129 e. The summed E-state index contributed by atoms with van der Waals surface area (Å²) in [5.74, 6) is 3.57. The van der Waals surface area contributed by atoms with E-state index < -0.39 is 8.07 Å². The van der Waals surface area contributed by atoms with E-state index in [1.165, 1.54) is 5.56 Å². The molecular formula is C20H31BrSi. The molecule has 0 heterocycles. The molecule has 0 spiro atoms. The lowest BCUT2D eigenvalue weighted by molar-refractivity contribution is 0.837. The number of hydrogen-bond acceptors (Lipinski definition) is 0. The summed E-state index contributed by atoms with van der Waals surface area (Å²) in [5.41, 5.74) is 7.31. The molecule has 0 aliphatic rings. The number of halogens is 1. The van der Waals surface area contributed by atoms with E-state index in [2.05, 4.69) is 99.3 Å². The Labute approximate surface area is 147 Å². The number of rotatable bonds is 6. The Morgan fingerprint density at radius 3 is 1.86 bits per heavy atom. The van der Waals surface area contributed by atoms with Gasteiger partial charge < -0.3 is 0 Å².